The molecule has 0 bridgehead atoms. The summed E-state index contributed by atoms with van der Waals surface area (Å²) in [6, 6.07) is 3.79. The average Bonchev–Trinajstić information content (AvgIpc) is 2.38. The fourth-order valence-electron chi connectivity index (χ4n) is 0.766. The molecule has 1 aromatic heterocycles. The van der Waals surface area contributed by atoms with Crippen LogP contribution in [-0.2, 0) is 11.3 Å². The van der Waals surface area contributed by atoms with Crippen LogP contribution in [0.3, 0.4) is 0 Å². The normalized spacial score (nSPS) is 11.1. The van der Waals surface area contributed by atoms with E-state index in [1.54, 1.807) is 12.1 Å². The smallest absolute Gasteiger partial charge is 0.130 e. The molecule has 0 aromatic carbocycles. The van der Waals surface area contributed by atoms with E-state index in [-0.39, 0.29) is 0 Å². The standard InChI is InChI=1S/C8H9BrO2/c1-10-6-8-3-2-7(11-8)4-5-9/h2-5H,6H2,1H3/b5-4+. The number of methoxy groups -OCH3 is 1. The molecule has 0 unspecified atom stereocenters. The Hall–Kier alpha value is -0.540. The van der Waals surface area contributed by atoms with Gasteiger partial charge in [-0.3, -0.25) is 0 Å². The zero-order valence-corrected chi connectivity index (χ0v) is 7.80. The predicted octanol–water partition coefficient (Wildman–Crippen LogP) is 2.79. The van der Waals surface area contributed by atoms with E-state index in [0.29, 0.717) is 6.61 Å². The minimum atomic E-state index is 0.524. The summed E-state index contributed by atoms with van der Waals surface area (Å²) in [5.74, 6) is 1.67. The third-order valence-corrected chi connectivity index (χ3v) is 1.46. The van der Waals surface area contributed by atoms with Crippen LogP contribution < -0.4 is 0 Å². The van der Waals surface area contributed by atoms with Crippen LogP contribution in [-0.4, -0.2) is 7.11 Å². The van der Waals surface area contributed by atoms with Gasteiger partial charge in [-0.15, -0.1) is 0 Å². The summed E-state index contributed by atoms with van der Waals surface area (Å²) in [5.41, 5.74) is 0. The van der Waals surface area contributed by atoms with Crippen molar-refractivity contribution in [2.45, 2.75) is 6.61 Å². The molecule has 60 valence electrons. The summed E-state index contributed by atoms with van der Waals surface area (Å²) in [6.45, 7) is 0.524. The van der Waals surface area contributed by atoms with Gasteiger partial charge in [-0.05, 0) is 23.2 Å². The maximum atomic E-state index is 5.32. The van der Waals surface area contributed by atoms with E-state index in [4.69, 9.17) is 9.15 Å². The first-order chi connectivity index (χ1) is 5.36. The van der Waals surface area contributed by atoms with Gasteiger partial charge in [-0.25, -0.2) is 0 Å². The van der Waals surface area contributed by atoms with Gasteiger partial charge in [0.2, 0.25) is 0 Å². The highest BCUT2D eigenvalue weighted by Gasteiger charge is 1.96. The van der Waals surface area contributed by atoms with Gasteiger partial charge in [-0.2, -0.15) is 0 Å². The molecule has 0 aliphatic heterocycles. The molecule has 11 heavy (non-hydrogen) atoms. The first-order valence-electron chi connectivity index (χ1n) is 3.21. The summed E-state index contributed by atoms with van der Waals surface area (Å²) in [7, 11) is 1.64. The second-order valence-corrected chi connectivity index (χ2v) is 2.56. The van der Waals surface area contributed by atoms with E-state index in [2.05, 4.69) is 15.9 Å². The van der Waals surface area contributed by atoms with Gasteiger partial charge >= 0.3 is 0 Å². The third kappa shape index (κ3) is 2.52. The van der Waals surface area contributed by atoms with Crippen LogP contribution in [0.5, 0.6) is 0 Å². The second kappa shape index (κ2) is 4.36. The quantitative estimate of drug-likeness (QED) is 0.776. The van der Waals surface area contributed by atoms with E-state index in [1.807, 2.05) is 18.2 Å². The van der Waals surface area contributed by atoms with Gasteiger partial charge in [0, 0.05) is 7.11 Å². The summed E-state index contributed by atoms with van der Waals surface area (Å²) in [6.07, 6.45) is 1.83. The lowest BCUT2D eigenvalue weighted by Gasteiger charge is -1.90. The highest BCUT2D eigenvalue weighted by atomic mass is 79.9. The van der Waals surface area contributed by atoms with Gasteiger partial charge in [0.05, 0.1) is 0 Å². The first kappa shape index (κ1) is 8.56. The minimum Gasteiger partial charge on any atom is -0.459 e. The first-order valence-corrected chi connectivity index (χ1v) is 4.13. The maximum absolute atomic E-state index is 5.32. The number of furan rings is 1. The maximum Gasteiger partial charge on any atom is 0.130 e. The van der Waals surface area contributed by atoms with Crippen LogP contribution in [0.15, 0.2) is 21.5 Å². The highest BCUT2D eigenvalue weighted by molar-refractivity contribution is 9.11. The molecule has 0 aliphatic carbocycles. The molecule has 0 fully saturated rings. The van der Waals surface area contributed by atoms with Crippen molar-refractivity contribution < 1.29 is 9.15 Å². The Morgan fingerprint density at radius 1 is 1.64 bits per heavy atom. The fourth-order valence-corrected chi connectivity index (χ4v) is 1.03. The lowest BCUT2D eigenvalue weighted by atomic mass is 10.4. The molecular weight excluding hydrogens is 208 g/mol. The number of hydrogen-bond donors (Lipinski definition) is 0. The molecule has 1 rings (SSSR count). The van der Waals surface area contributed by atoms with Crippen LogP contribution in [0.2, 0.25) is 0 Å². The Kier molecular flexibility index (Phi) is 3.39. The molecule has 3 heteroatoms. The molecule has 1 aromatic rings. The van der Waals surface area contributed by atoms with Crippen LogP contribution in [0.25, 0.3) is 6.08 Å². The molecule has 0 amide bonds. The van der Waals surface area contributed by atoms with Crippen molar-refractivity contribution in [2.24, 2.45) is 0 Å². The summed E-state index contributed by atoms with van der Waals surface area (Å²) < 4.78 is 10.2. The van der Waals surface area contributed by atoms with Crippen LogP contribution in [0, 0.1) is 0 Å². The molecular formula is C8H9BrO2. The number of hydrogen-bond acceptors (Lipinski definition) is 2. The monoisotopic (exact) mass is 216 g/mol. The third-order valence-electron chi connectivity index (χ3n) is 1.20. The van der Waals surface area contributed by atoms with Crippen LogP contribution >= 0.6 is 15.9 Å². The number of halogens is 1. The average molecular weight is 217 g/mol. The van der Waals surface area contributed by atoms with E-state index in [9.17, 15) is 0 Å². The zero-order valence-electron chi connectivity index (χ0n) is 6.21. The van der Waals surface area contributed by atoms with Crippen molar-refractivity contribution in [1.82, 2.24) is 0 Å². The molecule has 0 N–H and O–H groups in total. The largest absolute Gasteiger partial charge is 0.459 e. The molecule has 1 heterocycles. The van der Waals surface area contributed by atoms with E-state index >= 15 is 0 Å². The molecule has 0 saturated carbocycles. The predicted molar refractivity (Wildman–Crippen MR) is 47.4 cm³/mol. The van der Waals surface area contributed by atoms with Crippen molar-refractivity contribution in [3.8, 4) is 0 Å². The van der Waals surface area contributed by atoms with E-state index < -0.39 is 0 Å². The Labute approximate surface area is 74.0 Å². The summed E-state index contributed by atoms with van der Waals surface area (Å²) >= 11 is 3.16. The molecule has 0 spiro atoms. The van der Waals surface area contributed by atoms with Gasteiger partial charge < -0.3 is 9.15 Å². The Bertz CT molecular complexity index is 240. The van der Waals surface area contributed by atoms with Crippen molar-refractivity contribution in [3.63, 3.8) is 0 Å². The van der Waals surface area contributed by atoms with Crippen molar-refractivity contribution in [2.75, 3.05) is 7.11 Å². The van der Waals surface area contributed by atoms with Gasteiger partial charge in [-0.1, -0.05) is 15.9 Å². The Morgan fingerprint density at radius 2 is 2.45 bits per heavy atom. The number of rotatable bonds is 3. The SMILES string of the molecule is COCc1ccc(/C=C/Br)o1. The molecule has 0 saturated heterocycles. The van der Waals surface area contributed by atoms with Crippen LogP contribution in [0.4, 0.5) is 0 Å². The van der Waals surface area contributed by atoms with E-state index in [1.165, 1.54) is 0 Å². The van der Waals surface area contributed by atoms with Gasteiger partial charge in [0.1, 0.15) is 18.1 Å². The second-order valence-electron chi connectivity index (χ2n) is 2.03. The van der Waals surface area contributed by atoms with Crippen molar-refractivity contribution in [1.29, 1.82) is 0 Å². The lowest BCUT2D eigenvalue weighted by molar-refractivity contribution is 0.164. The Morgan fingerprint density at radius 3 is 3.09 bits per heavy atom. The summed E-state index contributed by atoms with van der Waals surface area (Å²) in [5, 5.41) is 0. The van der Waals surface area contributed by atoms with Crippen molar-refractivity contribution in [3.05, 3.63) is 28.6 Å². The lowest BCUT2D eigenvalue weighted by Crippen LogP contribution is -1.81. The minimum absolute atomic E-state index is 0.524. The van der Waals surface area contributed by atoms with E-state index in [0.717, 1.165) is 11.5 Å². The fraction of sp³-hybridized carbons (Fsp3) is 0.250. The molecule has 0 radical (unpaired) electrons. The molecule has 0 aliphatic rings. The molecule has 2 nitrogen and oxygen atoms in total. The summed E-state index contributed by atoms with van der Waals surface area (Å²) in [4.78, 5) is 1.75. The topological polar surface area (TPSA) is 22.4 Å². The van der Waals surface area contributed by atoms with Gasteiger partial charge in [0.15, 0.2) is 0 Å². The number of ether oxygens (including phenoxy) is 1. The van der Waals surface area contributed by atoms with Gasteiger partial charge in [0.25, 0.3) is 0 Å². The Balaban J connectivity index is 2.65. The van der Waals surface area contributed by atoms with Crippen LogP contribution in [0.1, 0.15) is 11.5 Å². The molecule has 0 atom stereocenters. The van der Waals surface area contributed by atoms with Crippen molar-refractivity contribution >= 4 is 22.0 Å². The highest BCUT2D eigenvalue weighted by Crippen LogP contribution is 2.10. The zero-order chi connectivity index (χ0) is 8.10.